The first-order valence-corrected chi connectivity index (χ1v) is 8.60. The number of methoxy groups -OCH3 is 2. The fraction of sp³-hybridized carbons (Fsp3) is 0.200. The Labute approximate surface area is 171 Å². The smallest absolute Gasteiger partial charge is 0.331 e. The fourth-order valence-electron chi connectivity index (χ4n) is 2.33. The van der Waals surface area contributed by atoms with Gasteiger partial charge in [-0.05, 0) is 42.8 Å². The van der Waals surface area contributed by atoms with Crippen LogP contribution in [-0.2, 0) is 14.3 Å². The van der Waals surface area contributed by atoms with Crippen LogP contribution in [0.4, 0.5) is 15.8 Å². The van der Waals surface area contributed by atoms with Gasteiger partial charge in [0.25, 0.3) is 5.91 Å². The second kappa shape index (κ2) is 10.0. The van der Waals surface area contributed by atoms with Crippen molar-refractivity contribution >= 4 is 29.3 Å². The molecule has 0 bridgehead atoms. The molecule has 0 unspecified atom stereocenters. The number of esters is 1. The van der Waals surface area contributed by atoms with Gasteiger partial charge in [-0.15, -0.1) is 0 Å². The highest BCUT2D eigenvalue weighted by Gasteiger charge is 2.19. The quantitative estimate of drug-likeness (QED) is 0.302. The number of halogens is 1. The number of hydrogen-bond acceptors (Lipinski definition) is 7. The average Bonchev–Trinajstić information content (AvgIpc) is 2.72. The van der Waals surface area contributed by atoms with E-state index in [-0.39, 0.29) is 5.69 Å². The number of nitro benzene ring substituents is 1. The van der Waals surface area contributed by atoms with Crippen LogP contribution in [0.1, 0.15) is 12.5 Å². The lowest BCUT2D eigenvalue weighted by atomic mass is 10.2. The Balaban J connectivity index is 2.00. The van der Waals surface area contributed by atoms with E-state index in [1.165, 1.54) is 27.2 Å². The number of amides is 1. The molecule has 30 heavy (non-hydrogen) atoms. The monoisotopic (exact) mass is 418 g/mol. The highest BCUT2D eigenvalue weighted by Crippen LogP contribution is 2.24. The van der Waals surface area contributed by atoms with Crippen LogP contribution < -0.4 is 14.8 Å². The molecule has 1 amide bonds. The number of benzene rings is 2. The summed E-state index contributed by atoms with van der Waals surface area (Å²) in [6.07, 6.45) is 1.38. The number of nitrogens with one attached hydrogen (secondary N) is 1. The van der Waals surface area contributed by atoms with Gasteiger partial charge in [-0.25, -0.2) is 4.79 Å². The number of carbonyl (C=O) groups excluding carboxylic acids is 2. The van der Waals surface area contributed by atoms with Gasteiger partial charge < -0.3 is 19.5 Å². The Morgan fingerprint density at radius 3 is 2.33 bits per heavy atom. The standard InChI is InChI=1S/C20H19FN2O7/c1-12(20(25)22-14-5-6-17(21)18(10-14)23(26)27)30-19(24)7-4-13-8-15(28-2)11-16(9-13)29-3/h4-12H,1-3H3,(H,22,25)/b7-4+/t12-/m0/s1. The van der Waals surface area contributed by atoms with E-state index in [1.54, 1.807) is 18.2 Å². The molecule has 0 saturated carbocycles. The van der Waals surface area contributed by atoms with Crippen molar-refractivity contribution in [3.8, 4) is 11.5 Å². The summed E-state index contributed by atoms with van der Waals surface area (Å²) < 4.78 is 28.7. The maximum atomic E-state index is 13.4. The molecule has 0 heterocycles. The van der Waals surface area contributed by atoms with Crippen molar-refractivity contribution < 1.29 is 33.1 Å². The van der Waals surface area contributed by atoms with Crippen LogP contribution in [-0.4, -0.2) is 37.1 Å². The SMILES string of the molecule is COc1cc(/C=C/C(=O)O[C@@H](C)C(=O)Nc2ccc(F)c([N+](=O)[O-])c2)cc(OC)c1. The van der Waals surface area contributed by atoms with Gasteiger partial charge in [-0.1, -0.05) is 0 Å². The number of rotatable bonds is 8. The minimum Gasteiger partial charge on any atom is -0.497 e. The van der Waals surface area contributed by atoms with Gasteiger partial charge in [0.05, 0.1) is 19.1 Å². The number of hydrogen-bond donors (Lipinski definition) is 1. The summed E-state index contributed by atoms with van der Waals surface area (Å²) in [4.78, 5) is 34.0. The second-order valence-electron chi connectivity index (χ2n) is 5.97. The Hall–Kier alpha value is -3.95. The fourth-order valence-corrected chi connectivity index (χ4v) is 2.33. The van der Waals surface area contributed by atoms with E-state index in [9.17, 15) is 24.1 Å². The minimum absolute atomic E-state index is 0.00461. The van der Waals surface area contributed by atoms with Crippen LogP contribution in [0.5, 0.6) is 11.5 Å². The predicted octanol–water partition coefficient (Wildman–Crippen LogP) is 3.33. The summed E-state index contributed by atoms with van der Waals surface area (Å²) in [6.45, 7) is 1.33. The van der Waals surface area contributed by atoms with Crippen molar-refractivity contribution in [2.75, 3.05) is 19.5 Å². The number of nitro groups is 1. The normalized spacial score (nSPS) is 11.6. The van der Waals surface area contributed by atoms with E-state index in [1.807, 2.05) is 0 Å². The molecule has 0 radical (unpaired) electrons. The Morgan fingerprint density at radius 1 is 1.13 bits per heavy atom. The molecule has 1 N–H and O–H groups in total. The van der Waals surface area contributed by atoms with E-state index in [0.29, 0.717) is 17.1 Å². The molecule has 0 aliphatic rings. The molecule has 2 aromatic rings. The van der Waals surface area contributed by atoms with Crippen molar-refractivity contribution in [1.82, 2.24) is 0 Å². The van der Waals surface area contributed by atoms with E-state index < -0.39 is 34.4 Å². The van der Waals surface area contributed by atoms with E-state index in [0.717, 1.165) is 24.3 Å². The third-order valence-electron chi connectivity index (χ3n) is 3.86. The molecule has 9 nitrogen and oxygen atoms in total. The number of carbonyl (C=O) groups is 2. The van der Waals surface area contributed by atoms with Crippen LogP contribution in [0.2, 0.25) is 0 Å². The molecule has 10 heteroatoms. The zero-order valence-corrected chi connectivity index (χ0v) is 16.4. The lowest BCUT2D eigenvalue weighted by Crippen LogP contribution is -2.29. The molecule has 0 aliphatic heterocycles. The molecule has 1 atom stereocenters. The van der Waals surface area contributed by atoms with Crippen LogP contribution in [0.15, 0.2) is 42.5 Å². The topological polar surface area (TPSA) is 117 Å². The molecule has 0 saturated heterocycles. The highest BCUT2D eigenvalue weighted by atomic mass is 19.1. The summed E-state index contributed by atoms with van der Waals surface area (Å²) >= 11 is 0. The zero-order valence-electron chi connectivity index (χ0n) is 16.4. The summed E-state index contributed by atoms with van der Waals surface area (Å²) in [5, 5.41) is 13.1. The number of nitrogens with zero attached hydrogens (tertiary/aromatic N) is 1. The average molecular weight is 418 g/mol. The third-order valence-corrected chi connectivity index (χ3v) is 3.86. The van der Waals surface area contributed by atoms with Crippen LogP contribution in [0.25, 0.3) is 6.08 Å². The van der Waals surface area contributed by atoms with Gasteiger partial charge in [-0.3, -0.25) is 14.9 Å². The first-order chi connectivity index (χ1) is 14.2. The van der Waals surface area contributed by atoms with E-state index in [4.69, 9.17) is 14.2 Å². The largest absolute Gasteiger partial charge is 0.497 e. The summed E-state index contributed by atoms with van der Waals surface area (Å²) in [5.74, 6) is -1.49. The maximum absolute atomic E-state index is 13.4. The van der Waals surface area contributed by atoms with Crippen molar-refractivity contribution in [3.05, 3.63) is 64.0 Å². The van der Waals surface area contributed by atoms with Gasteiger partial charge in [0.15, 0.2) is 6.10 Å². The lowest BCUT2D eigenvalue weighted by molar-refractivity contribution is -0.387. The van der Waals surface area contributed by atoms with Gasteiger partial charge in [0, 0.05) is 23.9 Å². The van der Waals surface area contributed by atoms with E-state index in [2.05, 4.69) is 5.32 Å². The Morgan fingerprint density at radius 2 is 1.77 bits per heavy atom. The summed E-state index contributed by atoms with van der Waals surface area (Å²) in [7, 11) is 2.99. The first kappa shape index (κ1) is 22.3. The summed E-state index contributed by atoms with van der Waals surface area (Å²) in [6, 6.07) is 7.90. The van der Waals surface area contributed by atoms with Crippen molar-refractivity contribution in [3.63, 3.8) is 0 Å². The van der Waals surface area contributed by atoms with Gasteiger partial charge in [0.1, 0.15) is 11.5 Å². The Bertz CT molecular complexity index is 969. The van der Waals surface area contributed by atoms with Crippen molar-refractivity contribution in [2.45, 2.75) is 13.0 Å². The number of anilines is 1. The zero-order chi connectivity index (χ0) is 22.3. The molecule has 158 valence electrons. The lowest BCUT2D eigenvalue weighted by Gasteiger charge is -2.12. The predicted molar refractivity (Wildman–Crippen MR) is 106 cm³/mol. The van der Waals surface area contributed by atoms with E-state index >= 15 is 0 Å². The third kappa shape index (κ3) is 6.03. The van der Waals surface area contributed by atoms with Gasteiger partial charge >= 0.3 is 11.7 Å². The maximum Gasteiger partial charge on any atom is 0.331 e. The highest BCUT2D eigenvalue weighted by molar-refractivity contribution is 5.96. The van der Waals surface area contributed by atoms with Gasteiger partial charge in [-0.2, -0.15) is 4.39 Å². The molecular weight excluding hydrogens is 399 g/mol. The minimum atomic E-state index is -1.20. The molecule has 0 aliphatic carbocycles. The molecular formula is C20H19FN2O7. The van der Waals surface area contributed by atoms with Crippen LogP contribution >= 0.6 is 0 Å². The number of ether oxygens (including phenoxy) is 3. The molecule has 2 rings (SSSR count). The Kier molecular flexibility index (Phi) is 7.45. The second-order valence-corrected chi connectivity index (χ2v) is 5.97. The van der Waals surface area contributed by atoms with Gasteiger partial charge in [0.2, 0.25) is 5.82 Å². The molecule has 2 aromatic carbocycles. The summed E-state index contributed by atoms with van der Waals surface area (Å²) in [5.41, 5.74) is -0.178. The van der Waals surface area contributed by atoms with Crippen LogP contribution in [0, 0.1) is 15.9 Å². The molecule has 0 spiro atoms. The van der Waals surface area contributed by atoms with Crippen LogP contribution in [0.3, 0.4) is 0 Å². The molecule has 0 fully saturated rings. The van der Waals surface area contributed by atoms with Crippen molar-refractivity contribution in [2.24, 2.45) is 0 Å². The van der Waals surface area contributed by atoms with Crippen molar-refractivity contribution in [1.29, 1.82) is 0 Å². The molecule has 0 aromatic heterocycles. The first-order valence-electron chi connectivity index (χ1n) is 8.60.